The number of hydrogen-bond acceptors (Lipinski definition) is 3. The van der Waals surface area contributed by atoms with Crippen LogP contribution in [-0.4, -0.2) is 28.9 Å². The van der Waals surface area contributed by atoms with Crippen LogP contribution >= 0.6 is 22.6 Å². The Hall–Kier alpha value is -0.392. The van der Waals surface area contributed by atoms with Crippen molar-refractivity contribution in [1.29, 1.82) is 0 Å². The molecule has 0 spiro atoms. The molecular formula is C18H24INO3W. The van der Waals surface area contributed by atoms with Crippen molar-refractivity contribution in [2.45, 2.75) is 45.9 Å². The van der Waals surface area contributed by atoms with Gasteiger partial charge in [-0.2, -0.15) is 5.56 Å². The van der Waals surface area contributed by atoms with Crippen LogP contribution in [0.5, 0.6) is 0 Å². The van der Waals surface area contributed by atoms with Crippen molar-refractivity contribution in [1.82, 2.24) is 4.90 Å². The van der Waals surface area contributed by atoms with Crippen LogP contribution in [0.15, 0.2) is 24.3 Å². The minimum absolute atomic E-state index is 0. The first-order chi connectivity index (χ1) is 10.5. The molecule has 2 rings (SSSR count). The molecule has 132 valence electrons. The van der Waals surface area contributed by atoms with Gasteiger partial charge in [0.2, 0.25) is 0 Å². The third kappa shape index (κ3) is 8.12. The van der Waals surface area contributed by atoms with E-state index in [0.29, 0.717) is 6.61 Å². The van der Waals surface area contributed by atoms with Crippen molar-refractivity contribution in [2.24, 2.45) is 0 Å². The molecule has 0 radical (unpaired) electrons. The van der Waals surface area contributed by atoms with E-state index in [0.717, 1.165) is 5.56 Å². The zero-order chi connectivity index (χ0) is 17.7. The van der Waals surface area contributed by atoms with Gasteiger partial charge >= 0.3 is 27.2 Å². The Morgan fingerprint density at radius 3 is 2.29 bits per heavy atom. The van der Waals surface area contributed by atoms with Gasteiger partial charge in [0, 0.05) is 3.57 Å². The minimum atomic E-state index is -0.595. The Morgan fingerprint density at radius 2 is 1.92 bits per heavy atom. The van der Waals surface area contributed by atoms with Crippen LogP contribution in [0.4, 0.5) is 4.79 Å². The summed E-state index contributed by atoms with van der Waals surface area (Å²) in [6.45, 7) is 16.6. The topological polar surface area (TPSA) is 38.8 Å². The SMILES string of the molecule is CC(C)(C)OC(=O)N1[CH-]COC1(C)C.[CH-]=Cc1ccc(I)cc1.[W+2]. The molecule has 1 saturated heterocycles. The second-order valence-corrected chi connectivity index (χ2v) is 7.75. The molecule has 4 nitrogen and oxygen atoms in total. The largest absolute Gasteiger partial charge is 2.00 e. The van der Waals surface area contributed by atoms with Gasteiger partial charge in [0.25, 0.3) is 0 Å². The van der Waals surface area contributed by atoms with Gasteiger partial charge in [0.1, 0.15) is 11.3 Å². The molecule has 1 fully saturated rings. The van der Waals surface area contributed by atoms with Gasteiger partial charge in [-0.15, -0.1) is 12.1 Å². The van der Waals surface area contributed by atoms with E-state index >= 15 is 0 Å². The standard InChI is InChI=1S/C10H18NO3.C8H6I.W/c1-9(2,3)14-8(12)11-6-7-13-10(11,4)5;1-2-7-3-5-8(9)6-4-7;/h6H,7H2,1-5H3;1-6H;/q2*-1;+2. The molecule has 24 heavy (non-hydrogen) atoms. The Bertz CT molecular complexity index is 538. The van der Waals surface area contributed by atoms with Gasteiger partial charge in [-0.25, -0.2) is 17.4 Å². The minimum Gasteiger partial charge on any atom is -0.445 e. The van der Waals surface area contributed by atoms with Crippen LogP contribution in [0.25, 0.3) is 6.08 Å². The van der Waals surface area contributed by atoms with Gasteiger partial charge in [0.15, 0.2) is 0 Å². The maximum atomic E-state index is 11.7. The van der Waals surface area contributed by atoms with E-state index in [9.17, 15) is 4.79 Å². The van der Waals surface area contributed by atoms with E-state index in [-0.39, 0.29) is 27.2 Å². The third-order valence-electron chi connectivity index (χ3n) is 2.93. The summed E-state index contributed by atoms with van der Waals surface area (Å²) in [5.74, 6) is 0. The molecule has 1 amide bonds. The van der Waals surface area contributed by atoms with E-state index in [2.05, 4.69) is 22.6 Å². The van der Waals surface area contributed by atoms with Gasteiger partial charge in [0.05, 0.1) is 0 Å². The first-order valence-corrected chi connectivity index (χ1v) is 8.43. The van der Waals surface area contributed by atoms with E-state index in [1.54, 1.807) is 12.6 Å². The number of halogens is 1. The molecule has 0 N–H and O–H groups in total. The molecule has 0 bridgehead atoms. The van der Waals surface area contributed by atoms with Crippen molar-refractivity contribution < 1.29 is 35.3 Å². The number of benzene rings is 1. The fourth-order valence-corrected chi connectivity index (χ4v) is 2.14. The summed E-state index contributed by atoms with van der Waals surface area (Å²) in [4.78, 5) is 13.2. The molecule has 1 aromatic rings. The molecule has 0 aliphatic carbocycles. The molecule has 1 aliphatic rings. The van der Waals surface area contributed by atoms with Crippen molar-refractivity contribution in [3.63, 3.8) is 0 Å². The van der Waals surface area contributed by atoms with E-state index in [1.165, 1.54) is 8.47 Å². The molecule has 1 heterocycles. The molecule has 0 saturated carbocycles. The fourth-order valence-electron chi connectivity index (χ4n) is 1.78. The summed E-state index contributed by atoms with van der Waals surface area (Å²) < 4.78 is 11.8. The maximum absolute atomic E-state index is 11.7. The molecule has 0 aromatic heterocycles. The van der Waals surface area contributed by atoms with Gasteiger partial charge in [-0.1, -0.05) is 18.7 Å². The number of amides is 1. The fraction of sp³-hybridized carbons (Fsp3) is 0.444. The number of carbonyl (C=O) groups is 1. The van der Waals surface area contributed by atoms with Gasteiger partial charge in [-0.3, -0.25) is 6.58 Å². The van der Waals surface area contributed by atoms with E-state index in [1.807, 2.05) is 58.9 Å². The number of ether oxygens (including phenoxy) is 2. The second-order valence-electron chi connectivity index (χ2n) is 6.51. The van der Waals surface area contributed by atoms with Gasteiger partial charge < -0.3 is 14.4 Å². The zero-order valence-electron chi connectivity index (χ0n) is 14.7. The molecule has 1 aromatic carbocycles. The Kier molecular flexibility index (Phi) is 9.77. The average Bonchev–Trinajstić information content (AvgIpc) is 2.78. The number of hydrogen-bond donors (Lipinski definition) is 0. The first-order valence-electron chi connectivity index (χ1n) is 7.35. The first kappa shape index (κ1) is 23.6. The Balaban J connectivity index is 0.000000460. The second kappa shape index (κ2) is 9.93. The number of rotatable bonds is 1. The molecule has 6 heteroatoms. The van der Waals surface area contributed by atoms with Crippen molar-refractivity contribution in [3.8, 4) is 0 Å². The van der Waals surface area contributed by atoms with Crippen LogP contribution in [0.3, 0.4) is 0 Å². The molecule has 0 unspecified atom stereocenters. The Labute approximate surface area is 173 Å². The summed E-state index contributed by atoms with van der Waals surface area (Å²) in [6.07, 6.45) is 1.23. The summed E-state index contributed by atoms with van der Waals surface area (Å²) in [6, 6.07) is 8.03. The maximum Gasteiger partial charge on any atom is 2.00 e. The molecular weight excluding hydrogens is 589 g/mol. The summed E-state index contributed by atoms with van der Waals surface area (Å²) in [7, 11) is 0. The van der Waals surface area contributed by atoms with Crippen LogP contribution < -0.4 is 0 Å². The van der Waals surface area contributed by atoms with Crippen molar-refractivity contribution in [3.05, 3.63) is 46.5 Å². The predicted octanol–water partition coefficient (Wildman–Crippen LogP) is 4.89. The van der Waals surface area contributed by atoms with Crippen molar-refractivity contribution in [2.75, 3.05) is 6.61 Å². The number of nitrogens with zero attached hydrogens (tertiary/aromatic N) is 1. The third-order valence-corrected chi connectivity index (χ3v) is 3.65. The normalized spacial score (nSPS) is 15.7. The van der Waals surface area contributed by atoms with Crippen LogP contribution in [-0.2, 0) is 30.5 Å². The smallest absolute Gasteiger partial charge is 0.445 e. The summed E-state index contributed by atoms with van der Waals surface area (Å²) >= 11 is 2.26. The average molecular weight is 613 g/mol. The zero-order valence-corrected chi connectivity index (χ0v) is 19.8. The monoisotopic (exact) mass is 613 g/mol. The van der Waals surface area contributed by atoms with Crippen LogP contribution in [0.2, 0.25) is 0 Å². The van der Waals surface area contributed by atoms with Crippen LogP contribution in [0, 0.1) is 16.7 Å². The van der Waals surface area contributed by atoms with Crippen LogP contribution in [0.1, 0.15) is 40.2 Å². The van der Waals surface area contributed by atoms with E-state index < -0.39 is 11.3 Å². The molecule has 0 atom stereocenters. The molecule has 1 aliphatic heterocycles. The van der Waals surface area contributed by atoms with Crippen molar-refractivity contribution >= 4 is 34.8 Å². The van der Waals surface area contributed by atoms with E-state index in [4.69, 9.17) is 16.1 Å². The predicted molar refractivity (Wildman–Crippen MR) is 100 cm³/mol. The summed E-state index contributed by atoms with van der Waals surface area (Å²) in [5, 5.41) is 0. The number of carbonyl (C=O) groups excluding carboxylic acids is 1. The van der Waals surface area contributed by atoms with Gasteiger partial charge in [-0.05, 0) is 57.2 Å². The summed E-state index contributed by atoms with van der Waals surface area (Å²) in [5.41, 5.74) is 0.00164. The quantitative estimate of drug-likeness (QED) is 0.335. The Morgan fingerprint density at radius 1 is 1.38 bits per heavy atom.